The first-order valence-corrected chi connectivity index (χ1v) is 9.52. The molecule has 27 heavy (non-hydrogen) atoms. The zero-order chi connectivity index (χ0) is 19.1. The average molecular weight is 408 g/mol. The van der Waals surface area contributed by atoms with Crippen LogP contribution < -0.4 is 15.4 Å². The summed E-state index contributed by atoms with van der Waals surface area (Å²) in [5, 5.41) is 14.3. The fourth-order valence-electron chi connectivity index (χ4n) is 2.05. The third-order valence-electron chi connectivity index (χ3n) is 3.14. The number of aromatic nitrogens is 2. The Bertz CT molecular complexity index is 893. The highest BCUT2D eigenvalue weighted by atomic mass is 32.2. The Kier molecular flexibility index (Phi) is 6.55. The van der Waals surface area contributed by atoms with Crippen LogP contribution in [0, 0.1) is 0 Å². The summed E-state index contributed by atoms with van der Waals surface area (Å²) >= 11 is 2.52. The molecule has 1 aromatic heterocycles. The van der Waals surface area contributed by atoms with Crippen LogP contribution in [-0.4, -0.2) is 28.5 Å². The number of benzene rings is 2. The van der Waals surface area contributed by atoms with E-state index in [9.17, 15) is 13.6 Å². The number of para-hydroxylation sites is 3. The highest BCUT2D eigenvalue weighted by molar-refractivity contribution is 8.01. The average Bonchev–Trinajstić information content (AvgIpc) is 3.09. The van der Waals surface area contributed by atoms with Gasteiger partial charge in [-0.15, -0.1) is 10.2 Å². The monoisotopic (exact) mass is 408 g/mol. The van der Waals surface area contributed by atoms with Gasteiger partial charge in [0.2, 0.25) is 11.0 Å². The van der Waals surface area contributed by atoms with Crippen molar-refractivity contribution >= 4 is 45.5 Å². The van der Waals surface area contributed by atoms with E-state index in [0.717, 1.165) is 5.69 Å². The molecule has 2 aromatic carbocycles. The Labute approximate surface area is 162 Å². The van der Waals surface area contributed by atoms with E-state index in [1.54, 1.807) is 12.1 Å². The Morgan fingerprint density at radius 2 is 1.85 bits per heavy atom. The number of ether oxygens (including phenoxy) is 1. The number of carbonyl (C=O) groups is 1. The van der Waals surface area contributed by atoms with E-state index >= 15 is 0 Å². The first-order valence-electron chi connectivity index (χ1n) is 7.72. The van der Waals surface area contributed by atoms with E-state index in [1.165, 1.54) is 35.2 Å². The summed E-state index contributed by atoms with van der Waals surface area (Å²) in [6.45, 7) is -2.96. The van der Waals surface area contributed by atoms with E-state index < -0.39 is 6.61 Å². The number of rotatable bonds is 8. The molecule has 3 rings (SSSR count). The van der Waals surface area contributed by atoms with Crippen molar-refractivity contribution in [3.8, 4) is 5.75 Å². The van der Waals surface area contributed by atoms with Crippen molar-refractivity contribution < 1.29 is 18.3 Å². The van der Waals surface area contributed by atoms with Crippen molar-refractivity contribution in [3.05, 3.63) is 54.6 Å². The molecule has 0 fully saturated rings. The molecular weight excluding hydrogens is 394 g/mol. The van der Waals surface area contributed by atoms with Crippen LogP contribution in [0.4, 0.5) is 25.3 Å². The number of amides is 1. The maximum Gasteiger partial charge on any atom is 0.387 e. The van der Waals surface area contributed by atoms with Crippen molar-refractivity contribution in [1.29, 1.82) is 0 Å². The molecule has 0 bridgehead atoms. The summed E-state index contributed by atoms with van der Waals surface area (Å²) in [6.07, 6.45) is 0. The van der Waals surface area contributed by atoms with Gasteiger partial charge in [-0.25, -0.2) is 0 Å². The summed E-state index contributed by atoms with van der Waals surface area (Å²) in [7, 11) is 0. The van der Waals surface area contributed by atoms with E-state index in [-0.39, 0.29) is 23.1 Å². The molecule has 0 spiro atoms. The zero-order valence-corrected chi connectivity index (χ0v) is 15.4. The van der Waals surface area contributed by atoms with Crippen molar-refractivity contribution in [2.24, 2.45) is 0 Å². The molecule has 6 nitrogen and oxygen atoms in total. The lowest BCUT2D eigenvalue weighted by Crippen LogP contribution is -2.15. The molecule has 0 saturated heterocycles. The summed E-state index contributed by atoms with van der Waals surface area (Å²) < 4.78 is 29.8. The molecule has 0 saturated carbocycles. The highest BCUT2D eigenvalue weighted by Crippen LogP contribution is 2.29. The quantitative estimate of drug-likeness (QED) is 0.530. The molecule has 10 heteroatoms. The lowest BCUT2D eigenvalue weighted by molar-refractivity contribution is -0.113. The Morgan fingerprint density at radius 1 is 1.11 bits per heavy atom. The van der Waals surface area contributed by atoms with Gasteiger partial charge in [-0.2, -0.15) is 8.78 Å². The second-order valence-corrected chi connectivity index (χ2v) is 7.28. The van der Waals surface area contributed by atoms with E-state index in [1.807, 2.05) is 30.3 Å². The molecule has 0 aliphatic carbocycles. The maximum atomic E-state index is 12.4. The lowest BCUT2D eigenvalue weighted by atomic mass is 10.3. The fourth-order valence-corrected chi connectivity index (χ4v) is 3.62. The predicted octanol–water partition coefficient (Wildman–Crippen LogP) is 4.61. The second kappa shape index (κ2) is 9.28. The molecule has 0 unspecified atom stereocenters. The Morgan fingerprint density at radius 3 is 2.63 bits per heavy atom. The van der Waals surface area contributed by atoms with Gasteiger partial charge < -0.3 is 15.4 Å². The van der Waals surface area contributed by atoms with Gasteiger partial charge >= 0.3 is 6.61 Å². The van der Waals surface area contributed by atoms with E-state index in [4.69, 9.17) is 0 Å². The minimum absolute atomic E-state index is 0.0585. The van der Waals surface area contributed by atoms with Gasteiger partial charge in [-0.1, -0.05) is 53.4 Å². The van der Waals surface area contributed by atoms with Crippen LogP contribution in [0.15, 0.2) is 58.9 Å². The van der Waals surface area contributed by atoms with Crippen molar-refractivity contribution in [2.75, 3.05) is 16.4 Å². The fraction of sp³-hybridized carbons (Fsp3) is 0.118. The van der Waals surface area contributed by atoms with Crippen molar-refractivity contribution in [2.45, 2.75) is 11.0 Å². The van der Waals surface area contributed by atoms with Crippen LogP contribution in [0.1, 0.15) is 0 Å². The molecule has 1 heterocycles. The largest absolute Gasteiger partial charge is 0.433 e. The molecule has 0 aliphatic rings. The van der Waals surface area contributed by atoms with Gasteiger partial charge in [-0.05, 0) is 24.3 Å². The summed E-state index contributed by atoms with van der Waals surface area (Å²) in [5.74, 6) is -0.391. The third kappa shape index (κ3) is 5.90. The third-order valence-corrected chi connectivity index (χ3v) is 5.11. The second-order valence-electron chi connectivity index (χ2n) is 5.08. The Balaban J connectivity index is 1.53. The minimum Gasteiger partial charge on any atom is -0.433 e. The number of hydrogen-bond acceptors (Lipinski definition) is 7. The van der Waals surface area contributed by atoms with Crippen LogP contribution in [0.2, 0.25) is 0 Å². The number of alkyl halides is 2. The zero-order valence-electron chi connectivity index (χ0n) is 13.8. The van der Waals surface area contributed by atoms with Crippen LogP contribution in [-0.2, 0) is 4.79 Å². The smallest absolute Gasteiger partial charge is 0.387 e. The van der Waals surface area contributed by atoms with Gasteiger partial charge in [-0.3, -0.25) is 4.79 Å². The SMILES string of the molecule is O=C(CSc1nnc(Nc2ccccc2)s1)Nc1ccccc1OC(F)F. The van der Waals surface area contributed by atoms with Crippen molar-refractivity contribution in [3.63, 3.8) is 0 Å². The van der Waals surface area contributed by atoms with Crippen LogP contribution >= 0.6 is 23.1 Å². The first kappa shape index (κ1) is 19.1. The van der Waals surface area contributed by atoms with Crippen LogP contribution in [0.3, 0.4) is 0 Å². The molecule has 0 atom stereocenters. The molecule has 1 amide bonds. The number of anilines is 3. The van der Waals surface area contributed by atoms with Gasteiger partial charge in [0, 0.05) is 5.69 Å². The Hall–Kier alpha value is -2.72. The number of carbonyl (C=O) groups excluding carboxylic acids is 1. The lowest BCUT2D eigenvalue weighted by Gasteiger charge is -2.11. The van der Waals surface area contributed by atoms with Crippen LogP contribution in [0.25, 0.3) is 0 Å². The molecule has 0 radical (unpaired) electrons. The highest BCUT2D eigenvalue weighted by Gasteiger charge is 2.13. The van der Waals surface area contributed by atoms with E-state index in [2.05, 4.69) is 25.6 Å². The predicted molar refractivity (Wildman–Crippen MR) is 102 cm³/mol. The molecule has 0 aliphatic heterocycles. The summed E-state index contributed by atoms with van der Waals surface area (Å²) in [5.41, 5.74) is 1.07. The van der Waals surface area contributed by atoms with Crippen molar-refractivity contribution in [1.82, 2.24) is 10.2 Å². The molecule has 3 aromatic rings. The molecule has 140 valence electrons. The summed E-state index contributed by atoms with van der Waals surface area (Å²) in [4.78, 5) is 12.1. The van der Waals surface area contributed by atoms with Gasteiger partial charge in [0.15, 0.2) is 4.34 Å². The molecular formula is C17H14F2N4O2S2. The maximum absolute atomic E-state index is 12.4. The van der Waals surface area contributed by atoms with Gasteiger partial charge in [0.1, 0.15) is 5.75 Å². The first-order chi connectivity index (χ1) is 13.1. The summed E-state index contributed by atoms with van der Waals surface area (Å²) in [6, 6.07) is 15.5. The minimum atomic E-state index is -2.96. The topological polar surface area (TPSA) is 76.1 Å². The number of nitrogens with zero attached hydrogens (tertiary/aromatic N) is 2. The molecule has 2 N–H and O–H groups in total. The van der Waals surface area contributed by atoms with Gasteiger partial charge in [0.25, 0.3) is 0 Å². The normalized spacial score (nSPS) is 10.6. The van der Waals surface area contributed by atoms with E-state index in [0.29, 0.717) is 9.47 Å². The van der Waals surface area contributed by atoms with Gasteiger partial charge in [0.05, 0.1) is 11.4 Å². The number of thioether (sulfide) groups is 1. The number of halogens is 2. The standard InChI is InChI=1S/C17H14F2N4O2S2/c18-15(19)25-13-9-5-4-8-12(13)21-14(24)10-26-17-23-22-16(27-17)20-11-6-2-1-3-7-11/h1-9,15H,10H2,(H,20,22)(H,21,24). The number of hydrogen-bond donors (Lipinski definition) is 2. The number of nitrogens with one attached hydrogen (secondary N) is 2. The van der Waals surface area contributed by atoms with Crippen LogP contribution in [0.5, 0.6) is 5.75 Å².